The maximum atomic E-state index is 12.8. The molecular formula is C16H23F3N4S. The SMILES string of the molecule is FC(F)(F)c1cc(C2CC2)n(CCCNC(=S)NC2CCCC2)n1. The second kappa shape index (κ2) is 7.29. The molecule has 134 valence electrons. The van der Waals surface area contributed by atoms with E-state index in [-0.39, 0.29) is 5.92 Å². The number of nitrogens with zero attached hydrogens (tertiary/aromatic N) is 2. The molecule has 0 bridgehead atoms. The van der Waals surface area contributed by atoms with Gasteiger partial charge in [0, 0.05) is 30.7 Å². The first kappa shape index (κ1) is 17.5. The summed E-state index contributed by atoms with van der Waals surface area (Å²) >= 11 is 5.26. The van der Waals surface area contributed by atoms with Gasteiger partial charge in [0.25, 0.3) is 0 Å². The average molecular weight is 360 g/mol. The molecule has 0 unspecified atom stereocenters. The third-order valence-electron chi connectivity index (χ3n) is 4.62. The van der Waals surface area contributed by atoms with Crippen LogP contribution < -0.4 is 10.6 Å². The molecule has 0 saturated heterocycles. The Bertz CT molecular complexity index is 574. The van der Waals surface area contributed by atoms with Crippen LogP contribution in [-0.4, -0.2) is 27.5 Å². The van der Waals surface area contributed by atoms with Crippen molar-refractivity contribution in [1.29, 1.82) is 0 Å². The molecule has 24 heavy (non-hydrogen) atoms. The summed E-state index contributed by atoms with van der Waals surface area (Å²) in [4.78, 5) is 0. The van der Waals surface area contributed by atoms with E-state index in [9.17, 15) is 13.2 Å². The molecule has 0 spiro atoms. The minimum absolute atomic E-state index is 0.242. The van der Waals surface area contributed by atoms with Gasteiger partial charge in [-0.2, -0.15) is 18.3 Å². The second-order valence-corrected chi connectivity index (χ2v) is 7.09. The van der Waals surface area contributed by atoms with Crippen LogP contribution in [0.1, 0.15) is 62.3 Å². The molecule has 1 aromatic rings. The molecule has 0 aliphatic heterocycles. The van der Waals surface area contributed by atoms with E-state index >= 15 is 0 Å². The molecule has 2 fully saturated rings. The number of alkyl halides is 3. The van der Waals surface area contributed by atoms with Gasteiger partial charge >= 0.3 is 6.18 Å². The van der Waals surface area contributed by atoms with Crippen molar-refractivity contribution in [3.63, 3.8) is 0 Å². The van der Waals surface area contributed by atoms with Crippen molar-refractivity contribution in [2.24, 2.45) is 0 Å². The van der Waals surface area contributed by atoms with Gasteiger partial charge in [-0.15, -0.1) is 0 Å². The number of thiocarbonyl (C=S) groups is 1. The van der Waals surface area contributed by atoms with E-state index in [0.29, 0.717) is 36.4 Å². The lowest BCUT2D eigenvalue weighted by molar-refractivity contribution is -0.141. The molecule has 0 aromatic carbocycles. The predicted octanol–water partition coefficient (Wildman–Crippen LogP) is 3.58. The highest BCUT2D eigenvalue weighted by Crippen LogP contribution is 2.42. The van der Waals surface area contributed by atoms with Gasteiger partial charge < -0.3 is 10.6 Å². The molecule has 8 heteroatoms. The van der Waals surface area contributed by atoms with Crippen LogP contribution in [0.15, 0.2) is 6.07 Å². The van der Waals surface area contributed by atoms with E-state index in [1.807, 2.05) is 0 Å². The summed E-state index contributed by atoms with van der Waals surface area (Å²) in [7, 11) is 0. The summed E-state index contributed by atoms with van der Waals surface area (Å²) in [5.41, 5.74) is -0.0650. The Morgan fingerprint density at radius 1 is 1.25 bits per heavy atom. The van der Waals surface area contributed by atoms with Crippen molar-refractivity contribution < 1.29 is 13.2 Å². The van der Waals surface area contributed by atoms with Gasteiger partial charge in [0.1, 0.15) is 0 Å². The summed E-state index contributed by atoms with van der Waals surface area (Å²) in [6.07, 6.45) is 3.01. The molecular weight excluding hydrogens is 337 g/mol. The van der Waals surface area contributed by atoms with Crippen molar-refractivity contribution in [1.82, 2.24) is 20.4 Å². The molecule has 0 radical (unpaired) electrons. The number of aromatic nitrogens is 2. The summed E-state index contributed by atoms with van der Waals surface area (Å²) in [6.45, 7) is 1.10. The van der Waals surface area contributed by atoms with Crippen molar-refractivity contribution in [2.75, 3.05) is 6.54 Å². The number of halogens is 3. The number of nitrogens with one attached hydrogen (secondary N) is 2. The zero-order valence-corrected chi connectivity index (χ0v) is 14.3. The fourth-order valence-electron chi connectivity index (χ4n) is 3.19. The standard InChI is InChI=1S/C16H23F3N4S/c17-16(18,19)14-10-13(11-6-7-11)23(22-14)9-3-8-20-15(24)21-12-4-1-2-5-12/h10-12H,1-9H2,(H2,20,21,24). The number of hydrogen-bond acceptors (Lipinski definition) is 2. The molecule has 2 saturated carbocycles. The summed E-state index contributed by atoms with van der Waals surface area (Å²) in [5, 5.41) is 10.8. The van der Waals surface area contributed by atoms with E-state index in [1.54, 1.807) is 0 Å². The second-order valence-electron chi connectivity index (χ2n) is 6.68. The van der Waals surface area contributed by atoms with Gasteiger partial charge in [-0.25, -0.2) is 0 Å². The molecule has 2 aliphatic rings. The summed E-state index contributed by atoms with van der Waals surface area (Å²) in [5.74, 6) is 0.242. The molecule has 4 nitrogen and oxygen atoms in total. The van der Waals surface area contributed by atoms with Crippen LogP contribution in [0.5, 0.6) is 0 Å². The van der Waals surface area contributed by atoms with E-state index in [2.05, 4.69) is 15.7 Å². The quantitative estimate of drug-likeness (QED) is 0.601. The van der Waals surface area contributed by atoms with Crippen molar-refractivity contribution >= 4 is 17.3 Å². The number of hydrogen-bond donors (Lipinski definition) is 2. The van der Waals surface area contributed by atoms with Crippen LogP contribution in [0.3, 0.4) is 0 Å². The Morgan fingerprint density at radius 2 is 1.96 bits per heavy atom. The Hall–Kier alpha value is -1.31. The van der Waals surface area contributed by atoms with Gasteiger partial charge in [0.2, 0.25) is 0 Å². The molecule has 1 heterocycles. The van der Waals surface area contributed by atoms with Crippen molar-refractivity contribution in [2.45, 2.75) is 69.6 Å². The van der Waals surface area contributed by atoms with Gasteiger partial charge in [-0.3, -0.25) is 4.68 Å². The van der Waals surface area contributed by atoms with E-state index in [0.717, 1.165) is 25.7 Å². The van der Waals surface area contributed by atoms with Crippen molar-refractivity contribution in [3.05, 3.63) is 17.5 Å². The van der Waals surface area contributed by atoms with Gasteiger partial charge in [0.15, 0.2) is 10.8 Å². The maximum absolute atomic E-state index is 12.8. The highest BCUT2D eigenvalue weighted by Gasteiger charge is 2.37. The minimum atomic E-state index is -4.38. The molecule has 0 atom stereocenters. The van der Waals surface area contributed by atoms with Crippen molar-refractivity contribution in [3.8, 4) is 0 Å². The van der Waals surface area contributed by atoms with Gasteiger partial charge in [0.05, 0.1) is 0 Å². The number of aryl methyl sites for hydroxylation is 1. The lowest BCUT2D eigenvalue weighted by Crippen LogP contribution is -2.41. The maximum Gasteiger partial charge on any atom is 0.435 e. The Labute approximate surface area is 145 Å². The molecule has 1 aromatic heterocycles. The zero-order chi connectivity index (χ0) is 17.2. The van der Waals surface area contributed by atoms with Crippen LogP contribution in [0.4, 0.5) is 13.2 Å². The molecule has 3 rings (SSSR count). The van der Waals surface area contributed by atoms with E-state index in [1.165, 1.54) is 23.6 Å². The largest absolute Gasteiger partial charge is 0.435 e. The lowest BCUT2D eigenvalue weighted by atomic mass is 10.2. The van der Waals surface area contributed by atoms with E-state index < -0.39 is 11.9 Å². The summed E-state index contributed by atoms with van der Waals surface area (Å²) < 4.78 is 40.0. The predicted molar refractivity (Wildman–Crippen MR) is 89.8 cm³/mol. The van der Waals surface area contributed by atoms with Crippen LogP contribution in [0.25, 0.3) is 0 Å². The highest BCUT2D eigenvalue weighted by molar-refractivity contribution is 7.80. The topological polar surface area (TPSA) is 41.9 Å². The van der Waals surface area contributed by atoms with Crippen LogP contribution >= 0.6 is 12.2 Å². The van der Waals surface area contributed by atoms with Crippen LogP contribution in [-0.2, 0) is 12.7 Å². The number of rotatable bonds is 6. The molecule has 0 amide bonds. The fourth-order valence-corrected chi connectivity index (χ4v) is 3.46. The van der Waals surface area contributed by atoms with Gasteiger partial charge in [-0.1, -0.05) is 12.8 Å². The first-order valence-electron chi connectivity index (χ1n) is 8.63. The third kappa shape index (κ3) is 4.62. The average Bonchev–Trinajstić information content (AvgIpc) is 3.05. The smallest absolute Gasteiger partial charge is 0.363 e. The zero-order valence-electron chi connectivity index (χ0n) is 13.5. The molecule has 2 aliphatic carbocycles. The molecule has 2 N–H and O–H groups in total. The summed E-state index contributed by atoms with van der Waals surface area (Å²) in [6, 6.07) is 1.67. The third-order valence-corrected chi connectivity index (χ3v) is 4.88. The fraction of sp³-hybridized carbons (Fsp3) is 0.750. The monoisotopic (exact) mass is 360 g/mol. The highest BCUT2D eigenvalue weighted by atomic mass is 32.1. The normalized spacial score (nSPS) is 18.8. The van der Waals surface area contributed by atoms with E-state index in [4.69, 9.17) is 12.2 Å². The Kier molecular flexibility index (Phi) is 5.32. The van der Waals surface area contributed by atoms with Crippen LogP contribution in [0, 0.1) is 0 Å². The van der Waals surface area contributed by atoms with Gasteiger partial charge in [-0.05, 0) is 50.4 Å². The first-order chi connectivity index (χ1) is 11.4. The lowest BCUT2D eigenvalue weighted by Gasteiger charge is -2.15. The Morgan fingerprint density at radius 3 is 2.58 bits per heavy atom. The minimum Gasteiger partial charge on any atom is -0.363 e. The van der Waals surface area contributed by atoms with Crippen LogP contribution in [0.2, 0.25) is 0 Å². The first-order valence-corrected chi connectivity index (χ1v) is 9.03. The Balaban J connectivity index is 1.46.